The molecule has 3 nitrogen and oxygen atoms in total. The molecule has 0 fully saturated rings. The van der Waals surface area contributed by atoms with Gasteiger partial charge < -0.3 is 0 Å². The third-order valence-corrected chi connectivity index (χ3v) is 2.33. The number of nitrogens with zero attached hydrogens (tertiary/aromatic N) is 3. The van der Waals surface area contributed by atoms with Crippen molar-refractivity contribution in [2.24, 2.45) is 5.11 Å². The number of hydrogen-bond donors (Lipinski definition) is 0. The van der Waals surface area contributed by atoms with E-state index in [9.17, 15) is 57.1 Å². The third-order valence-electron chi connectivity index (χ3n) is 2.33. The van der Waals surface area contributed by atoms with Crippen molar-refractivity contribution in [3.63, 3.8) is 0 Å². The van der Waals surface area contributed by atoms with E-state index in [2.05, 4.69) is 0 Å². The van der Waals surface area contributed by atoms with Gasteiger partial charge in [0.2, 0.25) is 0 Å². The largest absolute Gasteiger partial charge is 0.460 e. The Hall–Kier alpha value is -1.60. The molecule has 0 saturated heterocycles. The lowest BCUT2D eigenvalue weighted by Gasteiger charge is -2.39. The van der Waals surface area contributed by atoms with E-state index in [1.807, 2.05) is 0 Å². The number of rotatable bonds is 6. The molecular formula is C7H2F13N3. The topological polar surface area (TPSA) is 48.8 Å². The molecule has 0 aromatic heterocycles. The molecule has 0 amide bonds. The fourth-order valence-corrected chi connectivity index (χ4v) is 1.02. The van der Waals surface area contributed by atoms with E-state index in [-0.39, 0.29) is 0 Å². The van der Waals surface area contributed by atoms with E-state index in [1.165, 1.54) is 4.91 Å². The summed E-state index contributed by atoms with van der Waals surface area (Å²) < 4.78 is 162. The fourth-order valence-electron chi connectivity index (χ4n) is 1.02. The molecule has 0 aromatic carbocycles. The Kier molecular flexibility index (Phi) is 5.11. The van der Waals surface area contributed by atoms with Crippen molar-refractivity contribution < 1.29 is 57.1 Å². The lowest BCUT2D eigenvalue weighted by Crippen LogP contribution is -2.70. The molecule has 0 aliphatic heterocycles. The van der Waals surface area contributed by atoms with Crippen LogP contribution in [0.1, 0.15) is 0 Å². The van der Waals surface area contributed by atoms with Crippen LogP contribution in [0.2, 0.25) is 0 Å². The summed E-state index contributed by atoms with van der Waals surface area (Å²) in [6, 6.07) is 0. The first kappa shape index (κ1) is 21.4. The van der Waals surface area contributed by atoms with Gasteiger partial charge in [-0.05, 0) is 5.53 Å². The number of azide groups is 1. The highest BCUT2D eigenvalue weighted by Gasteiger charge is 2.90. The molecular weight excluding hydrogens is 373 g/mol. The maximum Gasteiger partial charge on any atom is 0.460 e. The Balaban J connectivity index is 6.18. The summed E-state index contributed by atoms with van der Waals surface area (Å²) in [5.74, 6) is -37.3. The second-order valence-corrected chi connectivity index (χ2v) is 3.89. The van der Waals surface area contributed by atoms with Gasteiger partial charge in [-0.2, -0.15) is 57.1 Å². The highest BCUT2D eigenvalue weighted by Crippen LogP contribution is 2.60. The third kappa shape index (κ3) is 2.95. The minimum atomic E-state index is -7.94. The lowest BCUT2D eigenvalue weighted by molar-refractivity contribution is -0.438. The van der Waals surface area contributed by atoms with Crippen LogP contribution in [0.5, 0.6) is 0 Å². The van der Waals surface area contributed by atoms with Crippen molar-refractivity contribution in [3.05, 3.63) is 10.4 Å². The van der Waals surface area contributed by atoms with Crippen LogP contribution in [0, 0.1) is 0 Å². The lowest BCUT2D eigenvalue weighted by atomic mass is 9.94. The molecule has 0 aliphatic carbocycles. The molecule has 0 aromatic rings. The van der Waals surface area contributed by atoms with Gasteiger partial charge in [0.1, 0.15) is 0 Å². The highest BCUT2D eigenvalue weighted by atomic mass is 19.4. The average Bonchev–Trinajstić information content (AvgIpc) is 2.34. The Bertz CT molecular complexity index is 486. The zero-order valence-electron chi connectivity index (χ0n) is 9.96. The predicted molar refractivity (Wildman–Crippen MR) is 44.8 cm³/mol. The molecule has 0 spiro atoms. The fraction of sp³-hybridized carbons (Fsp3) is 1.00. The van der Waals surface area contributed by atoms with Crippen LogP contribution in [0.15, 0.2) is 5.11 Å². The molecule has 0 bridgehead atoms. The highest BCUT2D eigenvalue weighted by molar-refractivity contribution is 5.10. The molecule has 0 atom stereocenters. The van der Waals surface area contributed by atoms with Gasteiger partial charge in [0, 0.05) is 4.91 Å². The van der Waals surface area contributed by atoms with Crippen LogP contribution >= 0.6 is 0 Å². The minimum absolute atomic E-state index is 1.42. The first-order valence-electron chi connectivity index (χ1n) is 4.78. The number of alkyl halides is 13. The Morgan fingerprint density at radius 2 is 0.957 bits per heavy atom. The van der Waals surface area contributed by atoms with Crippen LogP contribution in [0.25, 0.3) is 10.4 Å². The van der Waals surface area contributed by atoms with Crippen molar-refractivity contribution in [2.75, 3.05) is 6.54 Å². The van der Waals surface area contributed by atoms with Crippen LogP contribution in [-0.4, -0.2) is 42.3 Å². The van der Waals surface area contributed by atoms with Crippen LogP contribution in [0.3, 0.4) is 0 Å². The van der Waals surface area contributed by atoms with Gasteiger partial charge >= 0.3 is 35.8 Å². The van der Waals surface area contributed by atoms with Crippen molar-refractivity contribution in [3.8, 4) is 0 Å². The minimum Gasteiger partial charge on any atom is -0.199 e. The Labute approximate surface area is 116 Å². The summed E-state index contributed by atoms with van der Waals surface area (Å²) in [5, 5.41) is 1.68. The van der Waals surface area contributed by atoms with E-state index in [0.717, 1.165) is 0 Å². The Morgan fingerprint density at radius 1 is 0.609 bits per heavy atom. The molecule has 0 rings (SSSR count). The summed E-state index contributed by atoms with van der Waals surface area (Å²) in [5.41, 5.74) is 7.57. The average molecular weight is 375 g/mol. The molecule has 0 saturated carbocycles. The van der Waals surface area contributed by atoms with Gasteiger partial charge in [-0.25, -0.2) is 0 Å². The van der Waals surface area contributed by atoms with Crippen molar-refractivity contribution >= 4 is 0 Å². The van der Waals surface area contributed by atoms with E-state index in [0.29, 0.717) is 0 Å². The maximum atomic E-state index is 12.9. The molecule has 136 valence electrons. The first-order chi connectivity index (χ1) is 9.81. The van der Waals surface area contributed by atoms with Gasteiger partial charge in [0.15, 0.2) is 0 Å². The van der Waals surface area contributed by atoms with E-state index >= 15 is 0 Å². The standard InChI is InChI=1S/C7H2F13N3/c8-2(9,1-22-23-21)3(10,11)4(12,13)5(14,15)6(16,17)7(18,19)20/h1H2. The second kappa shape index (κ2) is 5.49. The van der Waals surface area contributed by atoms with Gasteiger partial charge in [-0.15, -0.1) is 0 Å². The molecule has 16 heteroatoms. The van der Waals surface area contributed by atoms with Gasteiger partial charge in [-0.3, -0.25) is 0 Å². The zero-order chi connectivity index (χ0) is 19.1. The van der Waals surface area contributed by atoms with Gasteiger partial charge in [0.25, 0.3) is 0 Å². The van der Waals surface area contributed by atoms with Crippen molar-refractivity contribution in [1.82, 2.24) is 0 Å². The Morgan fingerprint density at radius 3 is 1.26 bits per heavy atom. The van der Waals surface area contributed by atoms with E-state index in [1.54, 1.807) is 5.11 Å². The molecule has 0 heterocycles. The smallest absolute Gasteiger partial charge is 0.199 e. The van der Waals surface area contributed by atoms with Crippen LogP contribution in [0.4, 0.5) is 57.1 Å². The van der Waals surface area contributed by atoms with Crippen molar-refractivity contribution in [2.45, 2.75) is 35.8 Å². The van der Waals surface area contributed by atoms with Gasteiger partial charge in [-0.1, -0.05) is 5.11 Å². The predicted octanol–water partition coefficient (Wildman–Crippen LogP) is 5.04. The quantitative estimate of drug-likeness (QED) is 0.271. The monoisotopic (exact) mass is 375 g/mol. The number of hydrogen-bond acceptors (Lipinski definition) is 1. The summed E-state index contributed by atoms with van der Waals surface area (Å²) >= 11 is 0. The molecule has 0 radical (unpaired) electrons. The molecule has 0 aliphatic rings. The molecule has 0 N–H and O–H groups in total. The number of halogens is 13. The SMILES string of the molecule is [N-]=[N+]=NCC(F)(F)C(F)(F)C(F)(F)C(F)(F)C(F)(F)C(F)(F)F. The van der Waals surface area contributed by atoms with Crippen molar-refractivity contribution in [1.29, 1.82) is 0 Å². The molecule has 23 heavy (non-hydrogen) atoms. The van der Waals surface area contributed by atoms with E-state index in [4.69, 9.17) is 5.53 Å². The summed E-state index contributed by atoms with van der Waals surface area (Å²) in [7, 11) is 0. The van der Waals surface area contributed by atoms with Crippen LogP contribution in [-0.2, 0) is 0 Å². The first-order valence-corrected chi connectivity index (χ1v) is 4.78. The molecule has 0 unspecified atom stereocenters. The van der Waals surface area contributed by atoms with E-state index < -0.39 is 42.3 Å². The summed E-state index contributed by atoms with van der Waals surface area (Å²) in [4.78, 5) is 1.42. The second-order valence-electron chi connectivity index (χ2n) is 3.89. The summed E-state index contributed by atoms with van der Waals surface area (Å²) in [6.45, 7) is -2.90. The zero-order valence-corrected chi connectivity index (χ0v) is 9.96. The maximum absolute atomic E-state index is 12.9. The summed E-state index contributed by atoms with van der Waals surface area (Å²) in [6.07, 6.45) is -7.45. The normalized spacial score (nSPS) is 15.3. The van der Waals surface area contributed by atoms with Gasteiger partial charge in [0.05, 0.1) is 6.54 Å². The van der Waals surface area contributed by atoms with Crippen LogP contribution < -0.4 is 0 Å².